The zero-order valence-corrected chi connectivity index (χ0v) is 12.6. The molecule has 0 saturated heterocycles. The first-order valence-electron chi connectivity index (χ1n) is 8.17. The quantitative estimate of drug-likeness (QED) is 0.512. The number of hydrogen-bond donors (Lipinski definition) is 2. The van der Waals surface area contributed by atoms with Crippen molar-refractivity contribution in [3.8, 4) is 0 Å². The Morgan fingerprint density at radius 2 is 1.81 bits per heavy atom. The van der Waals surface area contributed by atoms with Crippen molar-refractivity contribution in [2.75, 3.05) is 0 Å². The molecule has 1 aromatic carbocycles. The van der Waals surface area contributed by atoms with Gasteiger partial charge in [-0.05, 0) is 30.9 Å². The predicted molar refractivity (Wildman–Crippen MR) is 87.8 cm³/mol. The first-order chi connectivity index (χ1) is 10.4. The molecule has 3 rings (SSSR count). The van der Waals surface area contributed by atoms with Gasteiger partial charge in [-0.1, -0.05) is 49.9 Å². The number of hydrazine groups is 1. The van der Waals surface area contributed by atoms with Crippen LogP contribution in [0.1, 0.15) is 44.2 Å². The average molecular weight is 283 g/mol. The van der Waals surface area contributed by atoms with Crippen LogP contribution in [0.4, 0.5) is 0 Å². The number of fused-ring (bicyclic) bond motifs is 1. The predicted octanol–water partition coefficient (Wildman–Crippen LogP) is 3.58. The highest BCUT2D eigenvalue weighted by molar-refractivity contribution is 5.78. The molecular formula is C18H25N3. The van der Waals surface area contributed by atoms with E-state index < -0.39 is 0 Å². The number of nitrogens with two attached hydrogens (primary N) is 1. The molecule has 2 aromatic rings. The van der Waals surface area contributed by atoms with Crippen molar-refractivity contribution >= 4 is 10.9 Å². The second-order valence-electron chi connectivity index (χ2n) is 6.22. The zero-order chi connectivity index (χ0) is 14.5. The highest BCUT2D eigenvalue weighted by Gasteiger charge is 2.22. The maximum Gasteiger partial charge on any atom is 0.0705 e. The standard InChI is InChI=1S/C18H25N3/c19-21-18(14-7-3-1-2-4-8-14)13-16-12-11-15-9-5-6-10-17(15)20-16/h5-6,9-12,14,18,21H,1-4,7-8,13,19H2. The van der Waals surface area contributed by atoms with E-state index in [2.05, 4.69) is 35.8 Å². The molecule has 1 aromatic heterocycles. The Morgan fingerprint density at radius 1 is 1.05 bits per heavy atom. The van der Waals surface area contributed by atoms with Gasteiger partial charge in [0, 0.05) is 23.5 Å². The summed E-state index contributed by atoms with van der Waals surface area (Å²) in [5.41, 5.74) is 5.27. The summed E-state index contributed by atoms with van der Waals surface area (Å²) in [4.78, 5) is 4.79. The molecule has 3 nitrogen and oxygen atoms in total. The summed E-state index contributed by atoms with van der Waals surface area (Å²) < 4.78 is 0. The van der Waals surface area contributed by atoms with Crippen LogP contribution in [0, 0.1) is 5.92 Å². The van der Waals surface area contributed by atoms with Gasteiger partial charge in [-0.25, -0.2) is 0 Å². The Balaban J connectivity index is 1.74. The maximum atomic E-state index is 5.84. The van der Waals surface area contributed by atoms with Gasteiger partial charge < -0.3 is 0 Å². The van der Waals surface area contributed by atoms with E-state index in [1.807, 2.05) is 6.07 Å². The first-order valence-corrected chi connectivity index (χ1v) is 8.17. The lowest BCUT2D eigenvalue weighted by Crippen LogP contribution is -2.42. The van der Waals surface area contributed by atoms with Crippen LogP contribution in [0.3, 0.4) is 0 Å². The minimum Gasteiger partial charge on any atom is -0.271 e. The third-order valence-corrected chi connectivity index (χ3v) is 4.77. The van der Waals surface area contributed by atoms with Crippen molar-refractivity contribution in [1.82, 2.24) is 10.4 Å². The van der Waals surface area contributed by atoms with Gasteiger partial charge in [-0.2, -0.15) is 0 Å². The van der Waals surface area contributed by atoms with E-state index >= 15 is 0 Å². The molecule has 1 unspecified atom stereocenters. The molecule has 0 spiro atoms. The number of rotatable bonds is 4. The lowest BCUT2D eigenvalue weighted by Gasteiger charge is -2.25. The fourth-order valence-electron chi connectivity index (χ4n) is 3.52. The van der Waals surface area contributed by atoms with Crippen LogP contribution >= 0.6 is 0 Å². The van der Waals surface area contributed by atoms with E-state index in [9.17, 15) is 0 Å². The summed E-state index contributed by atoms with van der Waals surface area (Å²) in [5, 5.41) is 1.20. The SMILES string of the molecule is NNC(Cc1ccc2ccccc2n1)C1CCCCCC1. The van der Waals surface area contributed by atoms with E-state index in [0.717, 1.165) is 17.6 Å². The van der Waals surface area contributed by atoms with Gasteiger partial charge in [0.25, 0.3) is 0 Å². The number of nitrogens with zero attached hydrogens (tertiary/aromatic N) is 1. The second-order valence-corrected chi connectivity index (χ2v) is 6.22. The van der Waals surface area contributed by atoms with Gasteiger partial charge >= 0.3 is 0 Å². The molecule has 3 heteroatoms. The van der Waals surface area contributed by atoms with Crippen LogP contribution in [0.2, 0.25) is 0 Å². The highest BCUT2D eigenvalue weighted by Crippen LogP contribution is 2.27. The van der Waals surface area contributed by atoms with Crippen molar-refractivity contribution < 1.29 is 0 Å². The van der Waals surface area contributed by atoms with Gasteiger partial charge in [0.1, 0.15) is 0 Å². The van der Waals surface area contributed by atoms with E-state index in [0.29, 0.717) is 12.0 Å². The van der Waals surface area contributed by atoms with Gasteiger partial charge in [-0.3, -0.25) is 16.3 Å². The second kappa shape index (κ2) is 7.01. The maximum absolute atomic E-state index is 5.84. The van der Waals surface area contributed by atoms with Crippen LogP contribution in [0.5, 0.6) is 0 Å². The van der Waals surface area contributed by atoms with Crippen LogP contribution in [-0.4, -0.2) is 11.0 Å². The van der Waals surface area contributed by atoms with Crippen molar-refractivity contribution in [3.63, 3.8) is 0 Å². The normalized spacial score (nSPS) is 18.5. The Kier molecular flexibility index (Phi) is 4.84. The van der Waals surface area contributed by atoms with Crippen molar-refractivity contribution in [2.45, 2.75) is 51.0 Å². The Labute approximate surface area is 126 Å². The summed E-state index contributed by atoms with van der Waals surface area (Å²) in [6.07, 6.45) is 8.95. The minimum atomic E-state index is 0.344. The molecule has 0 bridgehead atoms. The number of nitrogens with one attached hydrogen (secondary N) is 1. The number of benzene rings is 1. The summed E-state index contributed by atoms with van der Waals surface area (Å²) in [7, 11) is 0. The van der Waals surface area contributed by atoms with E-state index in [4.69, 9.17) is 10.8 Å². The lowest BCUT2D eigenvalue weighted by molar-refractivity contribution is 0.319. The molecule has 1 saturated carbocycles. The molecule has 0 radical (unpaired) electrons. The first kappa shape index (κ1) is 14.5. The zero-order valence-electron chi connectivity index (χ0n) is 12.6. The van der Waals surface area contributed by atoms with Crippen molar-refractivity contribution in [1.29, 1.82) is 0 Å². The average Bonchev–Trinajstić information content (AvgIpc) is 2.81. The molecule has 1 aliphatic rings. The minimum absolute atomic E-state index is 0.344. The Bertz CT molecular complexity index is 573. The largest absolute Gasteiger partial charge is 0.271 e. The molecule has 112 valence electrons. The fraction of sp³-hybridized carbons (Fsp3) is 0.500. The molecule has 1 heterocycles. The van der Waals surface area contributed by atoms with Crippen LogP contribution in [0.15, 0.2) is 36.4 Å². The van der Waals surface area contributed by atoms with Crippen molar-refractivity contribution in [3.05, 3.63) is 42.1 Å². The Hall–Kier alpha value is -1.45. The highest BCUT2D eigenvalue weighted by atomic mass is 15.2. The molecule has 1 atom stereocenters. The molecule has 0 aliphatic heterocycles. The third kappa shape index (κ3) is 3.60. The summed E-state index contributed by atoms with van der Waals surface area (Å²) in [6, 6.07) is 12.9. The molecule has 21 heavy (non-hydrogen) atoms. The van der Waals surface area contributed by atoms with Gasteiger partial charge in [0.15, 0.2) is 0 Å². The summed E-state index contributed by atoms with van der Waals surface area (Å²) in [6.45, 7) is 0. The number of aromatic nitrogens is 1. The Morgan fingerprint density at radius 3 is 2.57 bits per heavy atom. The van der Waals surface area contributed by atoms with Gasteiger partial charge in [-0.15, -0.1) is 0 Å². The molecular weight excluding hydrogens is 258 g/mol. The van der Waals surface area contributed by atoms with E-state index in [1.165, 1.54) is 43.9 Å². The summed E-state index contributed by atoms with van der Waals surface area (Å²) in [5.74, 6) is 6.52. The smallest absolute Gasteiger partial charge is 0.0705 e. The fourth-order valence-corrected chi connectivity index (χ4v) is 3.52. The lowest BCUT2D eigenvalue weighted by atomic mass is 9.89. The number of hydrogen-bond acceptors (Lipinski definition) is 3. The number of pyridine rings is 1. The monoisotopic (exact) mass is 283 g/mol. The molecule has 0 amide bonds. The van der Waals surface area contributed by atoms with E-state index in [1.54, 1.807) is 0 Å². The van der Waals surface area contributed by atoms with E-state index in [-0.39, 0.29) is 0 Å². The topological polar surface area (TPSA) is 50.9 Å². The van der Waals surface area contributed by atoms with Crippen LogP contribution in [0.25, 0.3) is 10.9 Å². The van der Waals surface area contributed by atoms with Gasteiger partial charge in [0.05, 0.1) is 5.52 Å². The molecule has 3 N–H and O–H groups in total. The number of para-hydroxylation sites is 1. The molecule has 1 aliphatic carbocycles. The van der Waals surface area contributed by atoms with Crippen LogP contribution in [-0.2, 0) is 6.42 Å². The molecule has 1 fully saturated rings. The van der Waals surface area contributed by atoms with Gasteiger partial charge in [0.2, 0.25) is 0 Å². The van der Waals surface area contributed by atoms with Crippen molar-refractivity contribution in [2.24, 2.45) is 11.8 Å². The third-order valence-electron chi connectivity index (χ3n) is 4.77. The van der Waals surface area contributed by atoms with Crippen LogP contribution < -0.4 is 11.3 Å². The summed E-state index contributed by atoms with van der Waals surface area (Å²) >= 11 is 0.